The molecule has 0 aromatic heterocycles. The van der Waals surface area contributed by atoms with Crippen molar-refractivity contribution in [2.45, 2.75) is 43.8 Å². The van der Waals surface area contributed by atoms with E-state index in [9.17, 15) is 19.2 Å². The molecule has 0 aliphatic heterocycles. The normalized spacial score (nSPS) is 12.6. The number of guanidine groups is 1. The Balaban J connectivity index is -0.000000362. The summed E-state index contributed by atoms with van der Waals surface area (Å²) in [5.74, 6) is -4.13. The van der Waals surface area contributed by atoms with Crippen LogP contribution < -0.4 is 28.3 Å². The lowest BCUT2D eigenvalue weighted by atomic mass is 10.2. The molecule has 0 amide bonds. The topological polar surface area (TPSA) is 289 Å². The molecule has 0 saturated heterocycles. The van der Waals surface area contributed by atoms with Crippen molar-refractivity contribution in [2.75, 3.05) is 12.3 Å². The monoisotopic (exact) mass is 442 g/mol. The van der Waals surface area contributed by atoms with Crippen molar-refractivity contribution in [1.29, 1.82) is 5.41 Å². The zero-order valence-electron chi connectivity index (χ0n) is 15.7. The van der Waals surface area contributed by atoms with Crippen molar-refractivity contribution in [2.24, 2.45) is 22.9 Å². The number of carboxylic acid groups (broad SMARTS) is 4. The van der Waals surface area contributed by atoms with Crippen LogP contribution >= 0.6 is 12.6 Å². The van der Waals surface area contributed by atoms with E-state index in [0.717, 1.165) is 0 Å². The summed E-state index contributed by atoms with van der Waals surface area (Å²) in [5.41, 5.74) is 20.2. The Morgan fingerprint density at radius 2 is 1.28 bits per heavy atom. The lowest BCUT2D eigenvalue weighted by Gasteiger charge is -2.06. The summed E-state index contributed by atoms with van der Waals surface area (Å²) in [5, 5.41) is 42.0. The molecule has 0 aromatic rings. The van der Waals surface area contributed by atoms with E-state index in [1.54, 1.807) is 0 Å². The maximum Gasteiger partial charge on any atom is 0.321 e. The third-order valence-electron chi connectivity index (χ3n) is 2.82. The van der Waals surface area contributed by atoms with Gasteiger partial charge in [0.1, 0.15) is 18.1 Å². The third kappa shape index (κ3) is 25.4. The highest BCUT2D eigenvalue weighted by Crippen LogP contribution is 1.93. The summed E-state index contributed by atoms with van der Waals surface area (Å²) in [6.45, 7) is 0.482. The number of hydrogen-bond acceptors (Lipinski definition) is 9. The number of carboxylic acids is 4. The molecule has 14 N–H and O–H groups in total. The van der Waals surface area contributed by atoms with Crippen LogP contribution in [0, 0.1) is 5.41 Å². The average Bonchev–Trinajstić information content (AvgIpc) is 2.62. The first kappa shape index (κ1) is 31.1. The van der Waals surface area contributed by atoms with Gasteiger partial charge in [0, 0.05) is 18.7 Å². The number of nitrogens with one attached hydrogen (secondary N) is 2. The molecule has 0 unspecified atom stereocenters. The van der Waals surface area contributed by atoms with Gasteiger partial charge < -0.3 is 48.7 Å². The highest BCUT2D eigenvalue weighted by molar-refractivity contribution is 7.80. The van der Waals surface area contributed by atoms with E-state index in [4.69, 9.17) is 48.8 Å². The Morgan fingerprint density at radius 3 is 1.55 bits per heavy atom. The first-order chi connectivity index (χ1) is 13.3. The van der Waals surface area contributed by atoms with Gasteiger partial charge in [-0.3, -0.25) is 24.6 Å². The van der Waals surface area contributed by atoms with Crippen molar-refractivity contribution >= 4 is 42.5 Å². The second-order valence-corrected chi connectivity index (χ2v) is 5.80. The minimum Gasteiger partial charge on any atom is -0.481 e. The smallest absolute Gasteiger partial charge is 0.321 e. The number of hydrogen-bond donors (Lipinski definition) is 11. The number of carbonyl (C=O) groups is 4. The van der Waals surface area contributed by atoms with E-state index in [-0.39, 0.29) is 24.6 Å². The number of rotatable bonds is 11. The highest BCUT2D eigenvalue weighted by atomic mass is 32.1. The SMILES string of the molecule is N=C(N)NCCC[C@H](N)C(=O)O.N[C@@H](CCC(=O)O)C(=O)O.N[C@@H](CS)C(=O)O. The Morgan fingerprint density at radius 1 is 0.862 bits per heavy atom. The zero-order chi connectivity index (χ0) is 23.6. The quantitative estimate of drug-likeness (QED) is 0.0670. The fourth-order valence-corrected chi connectivity index (χ4v) is 1.31. The lowest BCUT2D eigenvalue weighted by Crippen LogP contribution is -2.34. The van der Waals surface area contributed by atoms with E-state index in [1.165, 1.54) is 0 Å². The van der Waals surface area contributed by atoms with Crippen LogP contribution in [0.4, 0.5) is 0 Å². The van der Waals surface area contributed by atoms with Gasteiger partial charge >= 0.3 is 23.9 Å². The Labute approximate surface area is 172 Å². The maximum atomic E-state index is 10.2. The molecule has 14 nitrogen and oxygen atoms in total. The van der Waals surface area contributed by atoms with Gasteiger partial charge in [-0.15, -0.1) is 0 Å². The summed E-state index contributed by atoms with van der Waals surface area (Å²) in [4.78, 5) is 39.8. The first-order valence-corrected chi connectivity index (χ1v) is 8.75. The predicted molar refractivity (Wildman–Crippen MR) is 107 cm³/mol. The maximum absolute atomic E-state index is 10.2. The molecule has 0 spiro atoms. The molecule has 3 atom stereocenters. The molecule has 0 aliphatic rings. The second kappa shape index (κ2) is 18.7. The van der Waals surface area contributed by atoms with Crippen molar-refractivity contribution in [3.05, 3.63) is 0 Å². The molecule has 0 radical (unpaired) electrons. The Hall–Kier alpha value is -2.62. The fraction of sp³-hybridized carbons (Fsp3) is 0.643. The zero-order valence-corrected chi connectivity index (χ0v) is 16.5. The van der Waals surface area contributed by atoms with Crippen molar-refractivity contribution in [1.82, 2.24) is 5.32 Å². The van der Waals surface area contributed by atoms with Crippen molar-refractivity contribution < 1.29 is 39.6 Å². The molecular formula is C14H30N6O8S. The van der Waals surface area contributed by atoms with Crippen molar-refractivity contribution in [3.63, 3.8) is 0 Å². The van der Waals surface area contributed by atoms with Gasteiger partial charge in [-0.2, -0.15) is 12.6 Å². The second-order valence-electron chi connectivity index (χ2n) is 5.43. The summed E-state index contributed by atoms with van der Waals surface area (Å²) in [7, 11) is 0. The molecule has 29 heavy (non-hydrogen) atoms. The van der Waals surface area contributed by atoms with E-state index < -0.39 is 42.0 Å². The molecule has 0 aromatic carbocycles. The molecule has 0 heterocycles. The molecule has 0 rings (SSSR count). The van der Waals surface area contributed by atoms with Gasteiger partial charge in [0.15, 0.2) is 5.96 Å². The number of thiol groups is 1. The summed E-state index contributed by atoms with van der Waals surface area (Å²) in [6, 6.07) is -2.70. The molecule has 0 saturated carbocycles. The summed E-state index contributed by atoms with van der Waals surface area (Å²) >= 11 is 3.65. The van der Waals surface area contributed by atoms with Crippen LogP contribution in [0.5, 0.6) is 0 Å². The van der Waals surface area contributed by atoms with Gasteiger partial charge in [0.2, 0.25) is 0 Å². The van der Waals surface area contributed by atoms with Crippen LogP contribution in [-0.4, -0.2) is 80.7 Å². The van der Waals surface area contributed by atoms with Crippen LogP contribution in [0.15, 0.2) is 0 Å². The van der Waals surface area contributed by atoms with Crippen molar-refractivity contribution in [3.8, 4) is 0 Å². The molecule has 15 heteroatoms. The van der Waals surface area contributed by atoms with Crippen LogP contribution in [0.25, 0.3) is 0 Å². The number of nitrogens with two attached hydrogens (primary N) is 4. The molecule has 0 fully saturated rings. The minimum absolute atomic E-state index is 0.0231. The van der Waals surface area contributed by atoms with E-state index >= 15 is 0 Å². The fourth-order valence-electron chi connectivity index (χ4n) is 1.15. The summed E-state index contributed by atoms with van der Waals surface area (Å²) < 4.78 is 0. The predicted octanol–water partition coefficient (Wildman–Crippen LogP) is -2.75. The van der Waals surface area contributed by atoms with Gasteiger partial charge in [-0.05, 0) is 19.3 Å². The van der Waals surface area contributed by atoms with Crippen LogP contribution in [-0.2, 0) is 19.2 Å². The van der Waals surface area contributed by atoms with Gasteiger partial charge in [-0.25, -0.2) is 0 Å². The molecule has 0 bridgehead atoms. The third-order valence-corrected chi connectivity index (χ3v) is 3.22. The largest absolute Gasteiger partial charge is 0.481 e. The highest BCUT2D eigenvalue weighted by Gasteiger charge is 2.12. The Bertz CT molecular complexity index is 536. The molecule has 170 valence electrons. The average molecular weight is 442 g/mol. The minimum atomic E-state index is -1.17. The van der Waals surface area contributed by atoms with Crippen LogP contribution in [0.3, 0.4) is 0 Å². The van der Waals surface area contributed by atoms with Gasteiger partial charge in [0.05, 0.1) is 0 Å². The summed E-state index contributed by atoms with van der Waals surface area (Å²) in [6.07, 6.45) is 0.751. The first-order valence-electron chi connectivity index (χ1n) is 8.11. The van der Waals surface area contributed by atoms with Crippen LogP contribution in [0.1, 0.15) is 25.7 Å². The van der Waals surface area contributed by atoms with E-state index in [1.807, 2.05) is 0 Å². The molecule has 0 aliphatic carbocycles. The Kier molecular flexibility index (Phi) is 20.1. The van der Waals surface area contributed by atoms with Gasteiger partial charge in [0.25, 0.3) is 0 Å². The molecular weight excluding hydrogens is 412 g/mol. The lowest BCUT2D eigenvalue weighted by molar-refractivity contribution is -0.140. The number of aliphatic carboxylic acids is 4. The van der Waals surface area contributed by atoms with Gasteiger partial charge in [-0.1, -0.05) is 0 Å². The van der Waals surface area contributed by atoms with E-state index in [2.05, 4.69) is 17.9 Å². The van der Waals surface area contributed by atoms with Crippen LogP contribution in [0.2, 0.25) is 0 Å². The van der Waals surface area contributed by atoms with E-state index in [0.29, 0.717) is 19.4 Å². The standard InChI is InChI=1S/C6H14N4O2.C5H9NO4.C3H7NO2S/c7-4(5(11)12)2-1-3-10-6(8)9;6-3(5(9)10)1-2-4(7)8;4-2(1-7)3(5)6/h4H,1-3,7H2,(H,11,12)(H4,8,9,10);3H,1-2,6H2,(H,7,8)(H,9,10);2,7H,1,4H2,(H,5,6)/t4-;3-;2-/m000/s1.